The lowest BCUT2D eigenvalue weighted by Gasteiger charge is -2.19. The van der Waals surface area contributed by atoms with Crippen molar-refractivity contribution in [3.63, 3.8) is 0 Å². The summed E-state index contributed by atoms with van der Waals surface area (Å²) in [7, 11) is 4.73. The minimum absolute atomic E-state index is 0.00529. The van der Waals surface area contributed by atoms with E-state index in [0.717, 1.165) is 0 Å². The summed E-state index contributed by atoms with van der Waals surface area (Å²) in [6, 6.07) is 0. The van der Waals surface area contributed by atoms with Crippen molar-refractivity contribution in [2.75, 3.05) is 27.7 Å². The molecule has 0 unspecified atom stereocenters. The molecule has 0 radical (unpaired) electrons. The number of aliphatic carboxylic acids is 1. The van der Waals surface area contributed by atoms with Crippen molar-refractivity contribution in [3.8, 4) is 0 Å². The van der Waals surface area contributed by atoms with E-state index in [1.807, 2.05) is 0 Å². The van der Waals surface area contributed by atoms with Gasteiger partial charge in [0.05, 0.1) is 18.4 Å². The molecule has 0 aromatic heterocycles. The Balaban J connectivity index is 2.44. The molecule has 0 bridgehead atoms. The van der Waals surface area contributed by atoms with Crippen LogP contribution in [0.1, 0.15) is 6.42 Å². The average molecular weight is 228 g/mol. The van der Waals surface area contributed by atoms with Crippen LogP contribution in [-0.4, -0.2) is 60.4 Å². The van der Waals surface area contributed by atoms with Crippen molar-refractivity contribution in [1.82, 2.24) is 9.80 Å². The van der Waals surface area contributed by atoms with E-state index in [0.29, 0.717) is 6.42 Å². The van der Waals surface area contributed by atoms with E-state index in [2.05, 4.69) is 0 Å². The predicted molar refractivity (Wildman–Crippen MR) is 55.6 cm³/mol. The summed E-state index contributed by atoms with van der Waals surface area (Å²) in [6.45, 7) is -0.00529. The zero-order chi connectivity index (χ0) is 12.5. The summed E-state index contributed by atoms with van der Waals surface area (Å²) in [6.07, 6.45) is 0.384. The van der Waals surface area contributed by atoms with Crippen LogP contribution in [-0.2, 0) is 14.4 Å². The number of carboxylic acid groups (broad SMARTS) is 1. The number of nitrogens with zero attached hydrogens (tertiary/aromatic N) is 2. The average Bonchev–Trinajstić information content (AvgIpc) is 2.95. The van der Waals surface area contributed by atoms with E-state index in [1.54, 1.807) is 14.1 Å². The van der Waals surface area contributed by atoms with Crippen molar-refractivity contribution in [2.24, 2.45) is 11.8 Å². The molecule has 1 rings (SSSR count). The Hall–Kier alpha value is -1.59. The Labute approximate surface area is 93.8 Å². The molecule has 0 saturated heterocycles. The molecule has 1 aliphatic rings. The Kier molecular flexibility index (Phi) is 3.51. The molecule has 16 heavy (non-hydrogen) atoms. The van der Waals surface area contributed by atoms with Crippen molar-refractivity contribution in [3.05, 3.63) is 0 Å². The second kappa shape index (κ2) is 4.51. The largest absolute Gasteiger partial charge is 0.481 e. The van der Waals surface area contributed by atoms with Gasteiger partial charge in [0.25, 0.3) is 0 Å². The Bertz CT molecular complexity index is 327. The molecule has 2 amide bonds. The quantitative estimate of drug-likeness (QED) is 0.687. The number of carbonyl (C=O) groups is 3. The fraction of sp³-hybridized carbons (Fsp3) is 0.700. The van der Waals surface area contributed by atoms with Crippen molar-refractivity contribution in [1.29, 1.82) is 0 Å². The first-order valence-corrected chi connectivity index (χ1v) is 5.02. The number of carbonyl (C=O) groups excluding carboxylic acids is 2. The normalized spacial score (nSPS) is 22.4. The molecular formula is C10H16N2O4. The van der Waals surface area contributed by atoms with Crippen LogP contribution in [0.3, 0.4) is 0 Å². The van der Waals surface area contributed by atoms with Crippen molar-refractivity contribution < 1.29 is 19.5 Å². The van der Waals surface area contributed by atoms with Gasteiger partial charge >= 0.3 is 5.97 Å². The smallest absolute Gasteiger partial charge is 0.307 e. The highest BCUT2D eigenvalue weighted by Gasteiger charge is 2.49. The van der Waals surface area contributed by atoms with E-state index in [1.165, 1.54) is 16.8 Å². The first-order valence-electron chi connectivity index (χ1n) is 5.02. The van der Waals surface area contributed by atoms with E-state index < -0.39 is 17.8 Å². The second-order valence-corrected chi connectivity index (χ2v) is 4.27. The van der Waals surface area contributed by atoms with Crippen LogP contribution in [0.4, 0.5) is 0 Å². The van der Waals surface area contributed by atoms with Gasteiger partial charge in [-0.05, 0) is 6.42 Å². The molecule has 0 aromatic rings. The molecule has 1 saturated carbocycles. The Morgan fingerprint density at radius 2 is 1.75 bits per heavy atom. The fourth-order valence-corrected chi connectivity index (χ4v) is 1.45. The summed E-state index contributed by atoms with van der Waals surface area (Å²) in [5.74, 6) is -2.39. The first kappa shape index (κ1) is 12.5. The highest BCUT2D eigenvalue weighted by Crippen LogP contribution is 2.39. The number of hydrogen-bond acceptors (Lipinski definition) is 3. The van der Waals surface area contributed by atoms with Crippen LogP contribution < -0.4 is 0 Å². The molecule has 90 valence electrons. The predicted octanol–water partition coefficient (Wildman–Crippen LogP) is -0.746. The third-order valence-corrected chi connectivity index (χ3v) is 2.67. The van der Waals surface area contributed by atoms with Gasteiger partial charge in [-0.1, -0.05) is 0 Å². The molecule has 1 aliphatic carbocycles. The van der Waals surface area contributed by atoms with Gasteiger partial charge < -0.3 is 14.9 Å². The lowest BCUT2D eigenvalue weighted by Crippen LogP contribution is -2.38. The Morgan fingerprint density at radius 1 is 1.19 bits per heavy atom. The minimum atomic E-state index is -0.939. The molecule has 1 N–H and O–H groups in total. The molecule has 0 aliphatic heterocycles. The SMILES string of the molecule is CN(C)C(=O)CN(C)C(=O)[C@@H]1C[C@@H]1C(=O)O. The maximum absolute atomic E-state index is 11.7. The van der Waals surface area contributed by atoms with E-state index >= 15 is 0 Å². The van der Waals surface area contributed by atoms with Crippen LogP contribution in [0, 0.1) is 11.8 Å². The molecule has 0 heterocycles. The minimum Gasteiger partial charge on any atom is -0.481 e. The second-order valence-electron chi connectivity index (χ2n) is 4.27. The first-order chi connectivity index (χ1) is 7.34. The molecule has 6 heteroatoms. The molecule has 6 nitrogen and oxygen atoms in total. The third kappa shape index (κ3) is 2.71. The van der Waals surface area contributed by atoms with Crippen LogP contribution in [0.2, 0.25) is 0 Å². The van der Waals surface area contributed by atoms with Gasteiger partial charge in [0.2, 0.25) is 11.8 Å². The van der Waals surface area contributed by atoms with Crippen molar-refractivity contribution >= 4 is 17.8 Å². The monoisotopic (exact) mass is 228 g/mol. The van der Waals surface area contributed by atoms with Gasteiger partial charge in [-0.25, -0.2) is 0 Å². The van der Waals surface area contributed by atoms with Crippen molar-refractivity contribution in [2.45, 2.75) is 6.42 Å². The van der Waals surface area contributed by atoms with E-state index in [4.69, 9.17) is 5.11 Å². The van der Waals surface area contributed by atoms with Gasteiger partial charge in [0.1, 0.15) is 0 Å². The van der Waals surface area contributed by atoms with Crippen LogP contribution in [0.25, 0.3) is 0 Å². The number of likely N-dealkylation sites (N-methyl/N-ethyl adjacent to an activating group) is 2. The topological polar surface area (TPSA) is 77.9 Å². The molecule has 0 spiro atoms. The zero-order valence-electron chi connectivity index (χ0n) is 9.64. The van der Waals surface area contributed by atoms with Crippen LogP contribution in [0.5, 0.6) is 0 Å². The summed E-state index contributed by atoms with van der Waals surface area (Å²) in [5.41, 5.74) is 0. The Morgan fingerprint density at radius 3 is 2.12 bits per heavy atom. The summed E-state index contributed by atoms with van der Waals surface area (Å²) < 4.78 is 0. The molecular weight excluding hydrogens is 212 g/mol. The maximum atomic E-state index is 11.7. The molecule has 0 aromatic carbocycles. The summed E-state index contributed by atoms with van der Waals surface area (Å²) >= 11 is 0. The number of amides is 2. The van der Waals surface area contributed by atoms with Gasteiger partial charge in [-0.15, -0.1) is 0 Å². The van der Waals surface area contributed by atoms with Gasteiger partial charge in [0, 0.05) is 21.1 Å². The third-order valence-electron chi connectivity index (χ3n) is 2.67. The fourth-order valence-electron chi connectivity index (χ4n) is 1.45. The van der Waals surface area contributed by atoms with Gasteiger partial charge in [-0.3, -0.25) is 14.4 Å². The van der Waals surface area contributed by atoms with Crippen LogP contribution in [0.15, 0.2) is 0 Å². The number of carboxylic acids is 1. The summed E-state index contributed by atoms with van der Waals surface area (Å²) in [5, 5.41) is 8.68. The lowest BCUT2D eigenvalue weighted by molar-refractivity contribution is -0.142. The number of rotatable bonds is 4. The molecule has 1 fully saturated rings. The standard InChI is InChI=1S/C10H16N2O4/c1-11(2)8(13)5-12(3)9(14)6-4-7(6)10(15)16/h6-7H,4-5H2,1-3H3,(H,15,16)/t6-,7+/m1/s1. The zero-order valence-corrected chi connectivity index (χ0v) is 9.64. The molecule has 2 atom stereocenters. The highest BCUT2D eigenvalue weighted by atomic mass is 16.4. The van der Waals surface area contributed by atoms with E-state index in [-0.39, 0.29) is 18.4 Å². The summed E-state index contributed by atoms with van der Waals surface area (Å²) in [4.78, 5) is 36.3. The van der Waals surface area contributed by atoms with Crippen LogP contribution >= 0.6 is 0 Å². The van der Waals surface area contributed by atoms with Gasteiger partial charge in [0.15, 0.2) is 0 Å². The maximum Gasteiger partial charge on any atom is 0.307 e. The lowest BCUT2D eigenvalue weighted by atomic mass is 10.3. The van der Waals surface area contributed by atoms with E-state index in [9.17, 15) is 14.4 Å². The van der Waals surface area contributed by atoms with Gasteiger partial charge in [-0.2, -0.15) is 0 Å². The highest BCUT2D eigenvalue weighted by molar-refractivity contribution is 5.91. The number of hydrogen-bond donors (Lipinski definition) is 1.